The lowest BCUT2D eigenvalue weighted by atomic mass is 10.1. The average Bonchev–Trinajstić information content (AvgIpc) is 3.77. The Morgan fingerprint density at radius 2 is 2.03 bits per heavy atom. The molecule has 2 atom stereocenters. The molecule has 38 heavy (non-hydrogen) atoms. The van der Waals surface area contributed by atoms with Gasteiger partial charge < -0.3 is 24.6 Å². The average molecular weight is 518 g/mol. The molecule has 2 heterocycles. The van der Waals surface area contributed by atoms with Crippen LogP contribution in [0.3, 0.4) is 0 Å². The number of hydrogen-bond acceptors (Lipinski definition) is 7. The molecule has 2 fully saturated rings. The number of piperazine rings is 1. The summed E-state index contributed by atoms with van der Waals surface area (Å²) in [5, 5.41) is 12.7. The standard InChI is InChI=1S/C29H35N5O4/c1-5-26(35)31-24-10-8-21(9-11-24)20(3)38-25-16-23(17-30)29(32-28(25)22-6-7-22)33-13-14-34(19(2)18-33)27(36)12-15-37-4/h5,8-11,16,19-20,22H,1,6-7,12-15,18H2,2-4H3,(H,31,35)/t19-,20?/m1/s1. The van der Waals surface area contributed by atoms with E-state index in [1.165, 1.54) is 6.08 Å². The van der Waals surface area contributed by atoms with E-state index in [1.54, 1.807) is 7.11 Å². The molecular formula is C29H35N5O4. The first-order chi connectivity index (χ1) is 18.3. The molecule has 1 N–H and O–H groups in total. The number of methoxy groups -OCH3 is 1. The summed E-state index contributed by atoms with van der Waals surface area (Å²) in [7, 11) is 1.59. The maximum atomic E-state index is 12.5. The van der Waals surface area contributed by atoms with Crippen molar-refractivity contribution in [2.45, 2.75) is 51.2 Å². The molecule has 1 aliphatic heterocycles. The van der Waals surface area contributed by atoms with Crippen molar-refractivity contribution in [3.05, 3.63) is 59.8 Å². The smallest absolute Gasteiger partial charge is 0.247 e. The summed E-state index contributed by atoms with van der Waals surface area (Å²) in [6.07, 6.45) is 3.39. The molecular weight excluding hydrogens is 482 g/mol. The normalized spacial score (nSPS) is 17.9. The predicted molar refractivity (Wildman–Crippen MR) is 145 cm³/mol. The van der Waals surface area contributed by atoms with E-state index in [0.29, 0.717) is 61.4 Å². The Morgan fingerprint density at radius 1 is 1.29 bits per heavy atom. The molecule has 0 radical (unpaired) electrons. The van der Waals surface area contributed by atoms with Gasteiger partial charge in [0.1, 0.15) is 23.7 Å². The van der Waals surface area contributed by atoms with Crippen LogP contribution in [0.2, 0.25) is 0 Å². The van der Waals surface area contributed by atoms with Crippen molar-refractivity contribution in [2.75, 3.05) is 43.6 Å². The number of nitriles is 1. The van der Waals surface area contributed by atoms with E-state index in [1.807, 2.05) is 49.1 Å². The molecule has 9 heteroatoms. The number of pyridine rings is 1. The van der Waals surface area contributed by atoms with Gasteiger partial charge >= 0.3 is 0 Å². The number of carbonyl (C=O) groups excluding carboxylic acids is 2. The Balaban J connectivity index is 1.51. The Labute approximate surface area is 224 Å². The van der Waals surface area contributed by atoms with E-state index in [-0.39, 0.29) is 24.0 Å². The highest BCUT2D eigenvalue weighted by Crippen LogP contribution is 2.45. The summed E-state index contributed by atoms with van der Waals surface area (Å²) >= 11 is 0. The highest BCUT2D eigenvalue weighted by molar-refractivity contribution is 5.98. The first kappa shape index (κ1) is 27.1. The van der Waals surface area contributed by atoms with Gasteiger partial charge in [-0.2, -0.15) is 5.26 Å². The van der Waals surface area contributed by atoms with Gasteiger partial charge in [-0.25, -0.2) is 4.98 Å². The SMILES string of the molecule is C=CC(=O)Nc1ccc(C(C)Oc2cc(C#N)c(N3CCN(C(=O)CCOC)[C@H](C)C3)nc2C2CC2)cc1. The number of anilines is 2. The van der Waals surface area contributed by atoms with E-state index in [0.717, 1.165) is 24.1 Å². The highest BCUT2D eigenvalue weighted by Gasteiger charge is 2.33. The van der Waals surface area contributed by atoms with Gasteiger partial charge in [-0.05, 0) is 50.5 Å². The Morgan fingerprint density at radius 3 is 2.63 bits per heavy atom. The molecule has 1 aromatic heterocycles. The topological polar surface area (TPSA) is 108 Å². The maximum Gasteiger partial charge on any atom is 0.247 e. The molecule has 0 bridgehead atoms. The third-order valence-corrected chi connectivity index (χ3v) is 6.98. The van der Waals surface area contributed by atoms with Gasteiger partial charge in [0.2, 0.25) is 11.8 Å². The van der Waals surface area contributed by atoms with E-state index < -0.39 is 0 Å². The fraction of sp³-hybridized carbons (Fsp3) is 0.448. The second kappa shape index (κ2) is 12.1. The first-order valence-electron chi connectivity index (χ1n) is 13.0. The molecule has 1 aromatic carbocycles. The third-order valence-electron chi connectivity index (χ3n) is 6.98. The molecule has 1 unspecified atom stereocenters. The van der Waals surface area contributed by atoms with Crippen molar-refractivity contribution >= 4 is 23.3 Å². The van der Waals surface area contributed by atoms with Crippen LogP contribution in [-0.4, -0.2) is 61.1 Å². The van der Waals surface area contributed by atoms with Gasteiger partial charge in [0.25, 0.3) is 0 Å². The number of rotatable bonds is 10. The zero-order valence-corrected chi connectivity index (χ0v) is 22.3. The van der Waals surface area contributed by atoms with Crippen LogP contribution in [0.25, 0.3) is 0 Å². The highest BCUT2D eigenvalue weighted by atomic mass is 16.5. The van der Waals surface area contributed by atoms with Crippen LogP contribution in [0.15, 0.2) is 43.0 Å². The van der Waals surface area contributed by atoms with E-state index >= 15 is 0 Å². The van der Waals surface area contributed by atoms with Crippen LogP contribution in [-0.2, 0) is 14.3 Å². The van der Waals surface area contributed by atoms with Gasteiger partial charge in [0.05, 0.1) is 24.3 Å². The van der Waals surface area contributed by atoms with Crippen molar-refractivity contribution in [1.29, 1.82) is 5.26 Å². The predicted octanol–water partition coefficient (Wildman–Crippen LogP) is 4.17. The first-order valence-corrected chi connectivity index (χ1v) is 13.0. The van der Waals surface area contributed by atoms with Gasteiger partial charge in [0.15, 0.2) is 0 Å². The van der Waals surface area contributed by atoms with Crippen LogP contribution in [0.5, 0.6) is 5.75 Å². The summed E-state index contributed by atoms with van der Waals surface area (Å²) in [4.78, 5) is 33.1. The number of amides is 2. The number of benzene rings is 1. The monoisotopic (exact) mass is 517 g/mol. The van der Waals surface area contributed by atoms with Crippen molar-refractivity contribution in [1.82, 2.24) is 9.88 Å². The molecule has 2 aromatic rings. The number of ether oxygens (including phenoxy) is 2. The lowest BCUT2D eigenvalue weighted by Crippen LogP contribution is -2.54. The Bertz CT molecular complexity index is 1220. The summed E-state index contributed by atoms with van der Waals surface area (Å²) in [5.41, 5.74) is 2.96. The zero-order chi connectivity index (χ0) is 27.2. The van der Waals surface area contributed by atoms with Crippen LogP contribution in [0.1, 0.15) is 62.0 Å². The van der Waals surface area contributed by atoms with Crippen LogP contribution in [0, 0.1) is 11.3 Å². The van der Waals surface area contributed by atoms with Gasteiger partial charge in [0, 0.05) is 50.5 Å². The number of hydrogen-bond donors (Lipinski definition) is 1. The minimum absolute atomic E-state index is 0.000933. The van der Waals surface area contributed by atoms with E-state index in [2.05, 4.69) is 22.9 Å². The lowest BCUT2D eigenvalue weighted by Gasteiger charge is -2.41. The Hall–Kier alpha value is -3.90. The van der Waals surface area contributed by atoms with E-state index in [4.69, 9.17) is 14.5 Å². The van der Waals surface area contributed by atoms with Crippen molar-refractivity contribution in [3.8, 4) is 11.8 Å². The number of carbonyl (C=O) groups is 2. The molecule has 1 saturated heterocycles. The largest absolute Gasteiger partial charge is 0.484 e. The molecule has 1 saturated carbocycles. The third kappa shape index (κ3) is 6.32. The molecule has 9 nitrogen and oxygen atoms in total. The molecule has 1 aliphatic carbocycles. The van der Waals surface area contributed by atoms with Crippen molar-refractivity contribution in [3.63, 3.8) is 0 Å². The van der Waals surface area contributed by atoms with Crippen LogP contribution < -0.4 is 15.0 Å². The summed E-state index contributed by atoms with van der Waals surface area (Å²) < 4.78 is 11.4. The van der Waals surface area contributed by atoms with Crippen LogP contribution in [0.4, 0.5) is 11.5 Å². The fourth-order valence-electron chi connectivity index (χ4n) is 4.71. The molecule has 4 rings (SSSR count). The Kier molecular flexibility index (Phi) is 8.64. The second-order valence-corrected chi connectivity index (χ2v) is 9.83. The molecule has 2 aliphatic rings. The lowest BCUT2D eigenvalue weighted by molar-refractivity contribution is -0.134. The summed E-state index contributed by atoms with van der Waals surface area (Å²) in [6, 6.07) is 11.6. The summed E-state index contributed by atoms with van der Waals surface area (Å²) in [6.45, 7) is 9.65. The molecule has 200 valence electrons. The fourth-order valence-corrected chi connectivity index (χ4v) is 4.71. The zero-order valence-electron chi connectivity index (χ0n) is 22.3. The number of aromatic nitrogens is 1. The number of nitrogens with zero attached hydrogens (tertiary/aromatic N) is 4. The van der Waals surface area contributed by atoms with Gasteiger partial charge in [-0.1, -0.05) is 18.7 Å². The second-order valence-electron chi connectivity index (χ2n) is 9.83. The van der Waals surface area contributed by atoms with Crippen molar-refractivity contribution in [2.24, 2.45) is 0 Å². The summed E-state index contributed by atoms with van der Waals surface area (Å²) in [5.74, 6) is 1.42. The van der Waals surface area contributed by atoms with Crippen LogP contribution >= 0.6 is 0 Å². The molecule has 2 amide bonds. The van der Waals surface area contributed by atoms with E-state index in [9.17, 15) is 14.9 Å². The molecule has 0 spiro atoms. The van der Waals surface area contributed by atoms with Crippen molar-refractivity contribution < 1.29 is 19.1 Å². The van der Waals surface area contributed by atoms with Gasteiger partial charge in [-0.3, -0.25) is 9.59 Å². The minimum atomic E-state index is -0.280. The minimum Gasteiger partial charge on any atom is -0.484 e. The van der Waals surface area contributed by atoms with Gasteiger partial charge in [-0.15, -0.1) is 0 Å². The number of nitrogens with one attached hydrogen (secondary N) is 1. The quantitative estimate of drug-likeness (QED) is 0.471. The maximum absolute atomic E-state index is 12.5.